The number of nitrogens with one attached hydrogen (secondary N) is 1. The number of esters is 1. The molecule has 0 atom stereocenters. The van der Waals surface area contributed by atoms with Crippen molar-refractivity contribution in [1.29, 1.82) is 0 Å². The summed E-state index contributed by atoms with van der Waals surface area (Å²) in [5.74, 6) is -0.186. The lowest BCUT2D eigenvalue weighted by Crippen LogP contribution is -2.21. The smallest absolute Gasteiger partial charge is 0.341 e. The van der Waals surface area contributed by atoms with Crippen LogP contribution in [0, 0.1) is 5.82 Å². The molecule has 0 spiro atoms. The van der Waals surface area contributed by atoms with Gasteiger partial charge >= 0.3 is 5.97 Å². The molecule has 9 heteroatoms. The molecule has 0 heterocycles. The number of carbonyl (C=O) groups is 1. The van der Waals surface area contributed by atoms with Crippen LogP contribution in [-0.2, 0) is 37.2 Å². The van der Waals surface area contributed by atoms with Crippen LogP contribution in [0.4, 0.5) is 4.39 Å². The van der Waals surface area contributed by atoms with Gasteiger partial charge in [0.15, 0.2) is 0 Å². The van der Waals surface area contributed by atoms with Crippen molar-refractivity contribution >= 4 is 17.3 Å². The fourth-order valence-electron chi connectivity index (χ4n) is 3.48. The summed E-state index contributed by atoms with van der Waals surface area (Å²) in [6.45, 7) is 6.63. The maximum Gasteiger partial charge on any atom is 0.341 e. The lowest BCUT2D eigenvalue weighted by molar-refractivity contribution is -0.133. The molecule has 0 bridgehead atoms. The van der Waals surface area contributed by atoms with Gasteiger partial charge in [0.1, 0.15) is 42.7 Å². The lowest BCUT2D eigenvalue weighted by Gasteiger charge is -2.15. The highest BCUT2D eigenvalue weighted by Gasteiger charge is 2.17. The van der Waals surface area contributed by atoms with Crippen molar-refractivity contribution < 1.29 is 33.1 Å². The summed E-state index contributed by atoms with van der Waals surface area (Å²) < 4.78 is 28.8. The average Bonchev–Trinajstić information content (AvgIpc) is 2.96. The maximum absolute atomic E-state index is 13.1. The van der Waals surface area contributed by atoms with Crippen molar-refractivity contribution in [2.24, 2.45) is 5.16 Å². The Morgan fingerprint density at radius 3 is 2.38 bits per heavy atom. The molecule has 39 heavy (non-hydrogen) atoms. The Bertz CT molecular complexity index is 1300. The van der Waals surface area contributed by atoms with Gasteiger partial charge in [0.25, 0.3) is 0 Å². The number of oxime groups is 1. The minimum absolute atomic E-state index is 0.103. The monoisotopic (exact) mass is 534 g/mol. The first-order valence-electron chi connectivity index (χ1n) is 12.1. The number of hydrogen-bond donors (Lipinski definition) is 1. The van der Waals surface area contributed by atoms with E-state index >= 15 is 0 Å². The van der Waals surface area contributed by atoms with Crippen LogP contribution in [0.2, 0.25) is 0 Å². The standard InChI is InChI=1S/C30H31FN2O6/c1-5-38-33-29(23-12-16-26(17-13-23)37-18-22-10-14-25(31)15-11-22)21(2)32-39-19-24-8-6-7-9-27(24)28(20-35-3)30(34)36-4/h6-17,20,32H,2,5,18-19H2,1,3-4H3. The first-order chi connectivity index (χ1) is 19.0. The third-order valence-corrected chi connectivity index (χ3v) is 5.39. The number of rotatable bonds is 14. The Balaban J connectivity index is 1.66. The van der Waals surface area contributed by atoms with Gasteiger partial charge in [-0.15, -0.1) is 0 Å². The predicted octanol–water partition coefficient (Wildman–Crippen LogP) is 5.54. The first kappa shape index (κ1) is 28.9. The highest BCUT2D eigenvalue weighted by atomic mass is 19.1. The van der Waals surface area contributed by atoms with E-state index < -0.39 is 5.97 Å². The number of halogens is 1. The second-order valence-electron chi connectivity index (χ2n) is 8.08. The number of benzene rings is 3. The summed E-state index contributed by atoms with van der Waals surface area (Å²) in [6, 6.07) is 20.6. The number of hydrogen-bond acceptors (Lipinski definition) is 8. The average molecular weight is 535 g/mol. The van der Waals surface area contributed by atoms with Gasteiger partial charge in [-0.25, -0.2) is 9.18 Å². The fraction of sp³-hybridized carbons (Fsp3) is 0.200. The summed E-state index contributed by atoms with van der Waals surface area (Å²) in [6.07, 6.45) is 1.33. The highest BCUT2D eigenvalue weighted by Crippen LogP contribution is 2.22. The Morgan fingerprint density at radius 2 is 1.72 bits per heavy atom. The number of hydroxylamine groups is 1. The molecule has 3 aromatic carbocycles. The molecule has 8 nitrogen and oxygen atoms in total. The molecule has 0 amide bonds. The van der Waals surface area contributed by atoms with E-state index in [1.54, 1.807) is 36.4 Å². The third-order valence-electron chi connectivity index (χ3n) is 5.39. The minimum atomic E-state index is -0.530. The van der Waals surface area contributed by atoms with Gasteiger partial charge in [0.05, 0.1) is 26.2 Å². The van der Waals surface area contributed by atoms with E-state index in [9.17, 15) is 9.18 Å². The summed E-state index contributed by atoms with van der Waals surface area (Å²) in [4.78, 5) is 23.2. The van der Waals surface area contributed by atoms with Gasteiger partial charge in [-0.1, -0.05) is 48.1 Å². The maximum atomic E-state index is 13.1. The fourth-order valence-corrected chi connectivity index (χ4v) is 3.48. The molecule has 0 aromatic heterocycles. The van der Waals surface area contributed by atoms with Gasteiger partial charge in [0, 0.05) is 5.56 Å². The molecule has 1 N–H and O–H groups in total. The molecule has 0 unspecified atom stereocenters. The second kappa shape index (κ2) is 14.9. The Hall–Kier alpha value is -4.63. The Kier molecular flexibility index (Phi) is 11.1. The van der Waals surface area contributed by atoms with E-state index in [0.29, 0.717) is 35.9 Å². The van der Waals surface area contributed by atoms with Crippen LogP contribution < -0.4 is 10.2 Å². The van der Waals surface area contributed by atoms with E-state index in [-0.39, 0.29) is 18.0 Å². The van der Waals surface area contributed by atoms with E-state index in [1.165, 1.54) is 32.6 Å². The zero-order chi connectivity index (χ0) is 28.0. The van der Waals surface area contributed by atoms with Crippen molar-refractivity contribution in [2.75, 3.05) is 20.8 Å². The molecular weight excluding hydrogens is 503 g/mol. The molecule has 0 fully saturated rings. The lowest BCUT2D eigenvalue weighted by atomic mass is 10.0. The zero-order valence-electron chi connectivity index (χ0n) is 22.1. The van der Waals surface area contributed by atoms with Crippen LogP contribution >= 0.6 is 0 Å². The SMILES string of the molecule is C=C(NOCc1ccccc1C(=COC)C(=O)OC)C(=NOCC)c1ccc(OCc2ccc(F)cc2)cc1. The normalized spacial score (nSPS) is 11.5. The van der Waals surface area contributed by atoms with Crippen LogP contribution in [0.1, 0.15) is 29.2 Å². The van der Waals surface area contributed by atoms with Crippen molar-refractivity contribution in [1.82, 2.24) is 5.48 Å². The van der Waals surface area contributed by atoms with E-state index in [0.717, 1.165) is 16.7 Å². The van der Waals surface area contributed by atoms with Crippen molar-refractivity contribution in [3.05, 3.63) is 119 Å². The largest absolute Gasteiger partial charge is 0.503 e. The summed E-state index contributed by atoms with van der Waals surface area (Å²) in [7, 11) is 2.76. The molecule has 204 valence electrons. The second-order valence-corrected chi connectivity index (χ2v) is 8.08. The molecule has 0 saturated heterocycles. The Morgan fingerprint density at radius 1 is 1.00 bits per heavy atom. The van der Waals surface area contributed by atoms with Gasteiger partial charge in [-0.2, -0.15) is 0 Å². The van der Waals surface area contributed by atoms with E-state index in [4.69, 9.17) is 23.9 Å². The van der Waals surface area contributed by atoms with Crippen LogP contribution in [-0.4, -0.2) is 32.5 Å². The molecule has 3 aromatic rings. The molecule has 3 rings (SSSR count). The summed E-state index contributed by atoms with van der Waals surface area (Å²) >= 11 is 0. The van der Waals surface area contributed by atoms with Gasteiger partial charge < -0.3 is 19.0 Å². The van der Waals surface area contributed by atoms with Gasteiger partial charge in [-0.3, -0.25) is 10.3 Å². The van der Waals surface area contributed by atoms with Crippen LogP contribution in [0.5, 0.6) is 5.75 Å². The molecule has 0 aliphatic heterocycles. The number of ether oxygens (including phenoxy) is 3. The van der Waals surface area contributed by atoms with Crippen molar-refractivity contribution in [3.8, 4) is 5.75 Å². The quantitative estimate of drug-likeness (QED) is 0.0955. The van der Waals surface area contributed by atoms with Gasteiger partial charge in [-0.05, 0) is 60.0 Å². The Labute approximate surface area is 227 Å². The topological polar surface area (TPSA) is 87.6 Å². The van der Waals surface area contributed by atoms with Crippen molar-refractivity contribution in [3.63, 3.8) is 0 Å². The number of nitrogens with zero attached hydrogens (tertiary/aromatic N) is 1. The number of methoxy groups -OCH3 is 2. The third kappa shape index (κ3) is 8.44. The number of allylic oxidation sites excluding steroid dienone is 1. The molecule has 0 radical (unpaired) electrons. The zero-order valence-corrected chi connectivity index (χ0v) is 22.1. The number of carbonyl (C=O) groups excluding carboxylic acids is 1. The van der Waals surface area contributed by atoms with Crippen LogP contribution in [0.25, 0.3) is 5.57 Å². The van der Waals surface area contributed by atoms with Crippen LogP contribution in [0.15, 0.2) is 96.5 Å². The molecule has 0 saturated carbocycles. The van der Waals surface area contributed by atoms with Crippen molar-refractivity contribution in [2.45, 2.75) is 20.1 Å². The van der Waals surface area contributed by atoms with E-state index in [2.05, 4.69) is 17.2 Å². The first-order valence-corrected chi connectivity index (χ1v) is 12.1. The predicted molar refractivity (Wildman–Crippen MR) is 146 cm³/mol. The highest BCUT2D eigenvalue weighted by molar-refractivity contribution is 6.16. The minimum Gasteiger partial charge on any atom is -0.503 e. The summed E-state index contributed by atoms with van der Waals surface area (Å²) in [5.41, 5.74) is 6.77. The van der Waals surface area contributed by atoms with E-state index in [1.807, 2.05) is 31.2 Å². The van der Waals surface area contributed by atoms with Crippen LogP contribution in [0.3, 0.4) is 0 Å². The molecular formula is C30H31FN2O6. The summed E-state index contributed by atoms with van der Waals surface area (Å²) in [5, 5.41) is 4.19. The molecule has 0 aliphatic rings. The van der Waals surface area contributed by atoms with Gasteiger partial charge in [0.2, 0.25) is 0 Å². The molecule has 0 aliphatic carbocycles.